The second-order valence-corrected chi connectivity index (χ2v) is 9.37. The first-order valence-corrected chi connectivity index (χ1v) is 12.1. The van der Waals surface area contributed by atoms with Gasteiger partial charge in [0, 0.05) is 6.07 Å². The zero-order valence-electron chi connectivity index (χ0n) is 17.4. The van der Waals surface area contributed by atoms with Crippen molar-refractivity contribution in [2.45, 2.75) is 103 Å². The minimum atomic E-state index is -3.70. The fourth-order valence-electron chi connectivity index (χ4n) is 3.23. The van der Waals surface area contributed by atoms with E-state index in [9.17, 15) is 13.5 Å². The van der Waals surface area contributed by atoms with Gasteiger partial charge in [-0.15, -0.1) is 0 Å². The molecule has 27 heavy (non-hydrogen) atoms. The maximum absolute atomic E-state index is 12.8. The summed E-state index contributed by atoms with van der Waals surface area (Å²) >= 11 is 0. The highest BCUT2D eigenvalue weighted by atomic mass is 32.2. The number of rotatable bonds is 15. The summed E-state index contributed by atoms with van der Waals surface area (Å²) in [5.74, 6) is 0.248. The molecule has 1 atom stereocenters. The fourth-order valence-corrected chi connectivity index (χ4v) is 4.65. The standard InChI is InChI=1S/C22H38O4S/c1-4-6-8-10-11-13-15-21(14-12-9-7-5-2)27(24,25)26-20-17-16-19(3)22(23)18-20/h16-18,21,23H,4-15H2,1-3H3. The summed E-state index contributed by atoms with van der Waals surface area (Å²) in [6, 6.07) is 4.65. The minimum absolute atomic E-state index is 0.0538. The van der Waals surface area contributed by atoms with Crippen molar-refractivity contribution >= 4 is 10.1 Å². The number of aromatic hydroxyl groups is 1. The van der Waals surface area contributed by atoms with Crippen LogP contribution in [0.2, 0.25) is 0 Å². The molecule has 1 N–H and O–H groups in total. The molecule has 1 rings (SSSR count). The van der Waals surface area contributed by atoms with E-state index in [0.29, 0.717) is 18.4 Å². The molecule has 0 amide bonds. The maximum atomic E-state index is 12.8. The van der Waals surface area contributed by atoms with Gasteiger partial charge in [-0.1, -0.05) is 84.1 Å². The zero-order chi connectivity index (χ0) is 20.1. The van der Waals surface area contributed by atoms with E-state index in [1.165, 1.54) is 31.7 Å². The van der Waals surface area contributed by atoms with Crippen LogP contribution in [-0.4, -0.2) is 18.8 Å². The van der Waals surface area contributed by atoms with Gasteiger partial charge >= 0.3 is 10.1 Å². The molecule has 1 aromatic rings. The highest BCUT2D eigenvalue weighted by Gasteiger charge is 2.27. The average molecular weight is 399 g/mol. The van der Waals surface area contributed by atoms with Crippen molar-refractivity contribution in [3.05, 3.63) is 23.8 Å². The van der Waals surface area contributed by atoms with Gasteiger partial charge in [0.05, 0.1) is 5.25 Å². The average Bonchev–Trinajstić information content (AvgIpc) is 2.62. The van der Waals surface area contributed by atoms with E-state index >= 15 is 0 Å². The SMILES string of the molecule is CCCCCCCCC(CCCCCC)S(=O)(=O)Oc1ccc(C)c(O)c1. The predicted molar refractivity (Wildman–Crippen MR) is 113 cm³/mol. The first kappa shape index (κ1) is 23.8. The van der Waals surface area contributed by atoms with E-state index in [4.69, 9.17) is 4.18 Å². The molecule has 0 saturated carbocycles. The number of hydrogen-bond donors (Lipinski definition) is 1. The quantitative estimate of drug-likeness (QED) is 0.270. The van der Waals surface area contributed by atoms with E-state index in [1.807, 2.05) is 0 Å². The lowest BCUT2D eigenvalue weighted by molar-refractivity contribution is 0.441. The van der Waals surface area contributed by atoms with Crippen molar-refractivity contribution < 1.29 is 17.7 Å². The molecule has 1 unspecified atom stereocenters. The Morgan fingerprint density at radius 1 is 0.889 bits per heavy atom. The molecule has 0 spiro atoms. The summed E-state index contributed by atoms with van der Waals surface area (Å²) in [5.41, 5.74) is 0.697. The van der Waals surface area contributed by atoms with Crippen LogP contribution in [0, 0.1) is 6.92 Å². The first-order chi connectivity index (χ1) is 12.9. The number of aryl methyl sites for hydroxylation is 1. The molecule has 0 aliphatic carbocycles. The molecule has 0 aliphatic heterocycles. The van der Waals surface area contributed by atoms with Crippen LogP contribution >= 0.6 is 0 Å². The monoisotopic (exact) mass is 398 g/mol. The Morgan fingerprint density at radius 2 is 1.41 bits per heavy atom. The van der Waals surface area contributed by atoms with Crippen molar-refractivity contribution in [3.63, 3.8) is 0 Å². The van der Waals surface area contributed by atoms with Gasteiger partial charge < -0.3 is 9.29 Å². The third kappa shape index (κ3) is 9.50. The second-order valence-electron chi connectivity index (χ2n) is 7.55. The molecule has 0 aromatic heterocycles. The van der Waals surface area contributed by atoms with Crippen LogP contribution in [0.1, 0.15) is 96.5 Å². The van der Waals surface area contributed by atoms with E-state index in [-0.39, 0.29) is 11.5 Å². The molecule has 0 fully saturated rings. The van der Waals surface area contributed by atoms with Crippen LogP contribution in [0.4, 0.5) is 0 Å². The van der Waals surface area contributed by atoms with Crippen molar-refractivity contribution in [2.75, 3.05) is 0 Å². The molecule has 5 heteroatoms. The molecule has 0 bridgehead atoms. The van der Waals surface area contributed by atoms with Gasteiger partial charge in [0.1, 0.15) is 11.5 Å². The molecule has 0 heterocycles. The van der Waals surface area contributed by atoms with Crippen LogP contribution in [0.5, 0.6) is 11.5 Å². The van der Waals surface area contributed by atoms with Crippen molar-refractivity contribution in [3.8, 4) is 11.5 Å². The van der Waals surface area contributed by atoms with Gasteiger partial charge in [-0.25, -0.2) is 0 Å². The van der Waals surface area contributed by atoms with Gasteiger partial charge in [0.2, 0.25) is 0 Å². The number of unbranched alkanes of at least 4 members (excludes halogenated alkanes) is 8. The van der Waals surface area contributed by atoms with Crippen LogP contribution in [0.3, 0.4) is 0 Å². The summed E-state index contributed by atoms with van der Waals surface area (Å²) in [7, 11) is -3.70. The predicted octanol–water partition coefficient (Wildman–Crippen LogP) is 6.50. The summed E-state index contributed by atoms with van der Waals surface area (Å²) < 4.78 is 31.0. The third-order valence-corrected chi connectivity index (χ3v) is 6.77. The molecule has 156 valence electrons. The molecular weight excluding hydrogens is 360 g/mol. The lowest BCUT2D eigenvalue weighted by Gasteiger charge is -2.18. The van der Waals surface area contributed by atoms with Gasteiger partial charge in [-0.2, -0.15) is 8.42 Å². The highest BCUT2D eigenvalue weighted by molar-refractivity contribution is 7.87. The largest absolute Gasteiger partial charge is 0.508 e. The lowest BCUT2D eigenvalue weighted by atomic mass is 10.0. The van der Waals surface area contributed by atoms with Gasteiger partial charge in [-0.3, -0.25) is 0 Å². The number of phenols is 1. The molecular formula is C22H38O4S. The smallest absolute Gasteiger partial charge is 0.312 e. The van der Waals surface area contributed by atoms with Gasteiger partial charge in [0.15, 0.2) is 0 Å². The van der Waals surface area contributed by atoms with Gasteiger partial charge in [0.25, 0.3) is 0 Å². The zero-order valence-corrected chi connectivity index (χ0v) is 18.2. The summed E-state index contributed by atoms with van der Waals surface area (Å²) in [6.45, 7) is 6.11. The molecule has 4 nitrogen and oxygen atoms in total. The summed E-state index contributed by atoms with van der Waals surface area (Å²) in [4.78, 5) is 0. The van der Waals surface area contributed by atoms with Crippen LogP contribution in [0.25, 0.3) is 0 Å². The van der Waals surface area contributed by atoms with Crippen molar-refractivity contribution in [1.82, 2.24) is 0 Å². The highest BCUT2D eigenvalue weighted by Crippen LogP contribution is 2.27. The van der Waals surface area contributed by atoms with Gasteiger partial charge in [-0.05, 0) is 31.4 Å². The van der Waals surface area contributed by atoms with Crippen LogP contribution in [0.15, 0.2) is 18.2 Å². The topological polar surface area (TPSA) is 63.6 Å². The molecule has 0 radical (unpaired) electrons. The van der Waals surface area contributed by atoms with E-state index in [2.05, 4.69) is 13.8 Å². The van der Waals surface area contributed by atoms with Crippen LogP contribution < -0.4 is 4.18 Å². The molecule has 0 saturated heterocycles. The van der Waals surface area contributed by atoms with Crippen molar-refractivity contribution in [2.24, 2.45) is 0 Å². The summed E-state index contributed by atoms with van der Waals surface area (Å²) in [6.07, 6.45) is 12.4. The van der Waals surface area contributed by atoms with E-state index < -0.39 is 15.4 Å². The lowest BCUT2D eigenvalue weighted by Crippen LogP contribution is -2.26. The molecule has 1 aromatic carbocycles. The first-order valence-electron chi connectivity index (χ1n) is 10.6. The van der Waals surface area contributed by atoms with E-state index in [0.717, 1.165) is 38.5 Å². The minimum Gasteiger partial charge on any atom is -0.508 e. The Hall–Kier alpha value is -1.23. The number of phenolic OH excluding ortho intramolecular Hbond substituents is 1. The van der Waals surface area contributed by atoms with E-state index in [1.54, 1.807) is 19.1 Å². The normalized spacial score (nSPS) is 12.9. The Labute approximate surface area is 166 Å². The Balaban J connectivity index is 2.67. The summed E-state index contributed by atoms with van der Waals surface area (Å²) in [5, 5.41) is 9.34. The van der Waals surface area contributed by atoms with Crippen molar-refractivity contribution in [1.29, 1.82) is 0 Å². The Morgan fingerprint density at radius 3 is 1.96 bits per heavy atom. The number of hydrogen-bond acceptors (Lipinski definition) is 4. The van der Waals surface area contributed by atoms with Crippen LogP contribution in [-0.2, 0) is 10.1 Å². The fraction of sp³-hybridized carbons (Fsp3) is 0.727. The maximum Gasteiger partial charge on any atom is 0.312 e. The number of benzene rings is 1. The Bertz CT molecular complexity index is 625. The third-order valence-electron chi connectivity index (χ3n) is 5.06. The second kappa shape index (κ2) is 13.0. The Kier molecular flexibility index (Phi) is 11.5. The molecule has 0 aliphatic rings.